The van der Waals surface area contributed by atoms with Crippen LogP contribution in [0.15, 0.2) is 54.6 Å². The molecule has 0 aliphatic heterocycles. The number of hydrogen-bond donors (Lipinski definition) is 3. The largest absolute Gasteiger partial charge is 0.573 e. The highest BCUT2D eigenvalue weighted by atomic mass is 19.4. The summed E-state index contributed by atoms with van der Waals surface area (Å²) in [5.41, 5.74) is 7.79. The van der Waals surface area contributed by atoms with E-state index >= 15 is 0 Å². The van der Waals surface area contributed by atoms with E-state index in [1.807, 2.05) is 30.3 Å². The van der Waals surface area contributed by atoms with Crippen LogP contribution in [0, 0.1) is 0 Å². The molecule has 0 spiro atoms. The van der Waals surface area contributed by atoms with E-state index in [1.54, 1.807) is 19.1 Å². The summed E-state index contributed by atoms with van der Waals surface area (Å²) < 4.78 is 40.4. The van der Waals surface area contributed by atoms with Crippen molar-refractivity contribution in [3.05, 3.63) is 65.7 Å². The number of nitrogens with one attached hydrogen (secondary N) is 1. The third-order valence-electron chi connectivity index (χ3n) is 3.78. The second-order valence-electron chi connectivity index (χ2n) is 5.78. The van der Waals surface area contributed by atoms with E-state index in [1.165, 1.54) is 12.1 Å². The zero-order chi connectivity index (χ0) is 18.4. The van der Waals surface area contributed by atoms with Crippen LogP contribution in [0.5, 0.6) is 5.75 Å². The summed E-state index contributed by atoms with van der Waals surface area (Å²) in [6, 6.07) is 14.2. The van der Waals surface area contributed by atoms with Crippen molar-refractivity contribution in [2.45, 2.75) is 38.0 Å². The minimum atomic E-state index is -4.71. The molecule has 0 saturated heterocycles. The van der Waals surface area contributed by atoms with Crippen molar-refractivity contribution in [3.63, 3.8) is 0 Å². The molecule has 0 amide bonds. The topological polar surface area (TPSA) is 67.5 Å². The molecule has 4 nitrogen and oxygen atoms in total. The van der Waals surface area contributed by atoms with Gasteiger partial charge in [-0.05, 0) is 30.2 Å². The zero-order valence-corrected chi connectivity index (χ0v) is 13.7. The number of benzene rings is 2. The maximum absolute atomic E-state index is 12.2. The maximum Gasteiger partial charge on any atom is 0.573 e. The van der Waals surface area contributed by atoms with Crippen molar-refractivity contribution in [2.24, 2.45) is 5.73 Å². The molecular weight excluding hydrogens is 333 g/mol. The van der Waals surface area contributed by atoms with Gasteiger partial charge in [0.25, 0.3) is 0 Å². The van der Waals surface area contributed by atoms with Crippen LogP contribution in [0.2, 0.25) is 0 Å². The van der Waals surface area contributed by atoms with Crippen LogP contribution in [-0.4, -0.2) is 23.6 Å². The van der Waals surface area contributed by atoms with E-state index in [-0.39, 0.29) is 11.8 Å². The molecule has 3 atom stereocenters. The standard InChI is InChI=1S/C18H21F3N2O2/c1-12(24)16(22)17(14-5-3-2-4-6-14)23-11-13-7-9-15(10-8-13)25-18(19,20)21/h2-10,12,16-17,23-24H,11,22H2,1H3/t12-,16-,17?/m1/s1. The van der Waals surface area contributed by atoms with Crippen LogP contribution in [-0.2, 0) is 6.54 Å². The number of aliphatic hydroxyl groups excluding tert-OH is 1. The Labute approximate surface area is 144 Å². The van der Waals surface area contributed by atoms with Gasteiger partial charge in [-0.2, -0.15) is 0 Å². The van der Waals surface area contributed by atoms with Crippen molar-refractivity contribution in [2.75, 3.05) is 0 Å². The quantitative estimate of drug-likeness (QED) is 0.715. The van der Waals surface area contributed by atoms with Crippen molar-refractivity contribution < 1.29 is 23.0 Å². The molecule has 2 rings (SSSR count). The van der Waals surface area contributed by atoms with Crippen LogP contribution in [0.1, 0.15) is 24.1 Å². The highest BCUT2D eigenvalue weighted by molar-refractivity contribution is 5.28. The molecule has 136 valence electrons. The van der Waals surface area contributed by atoms with Crippen molar-refractivity contribution in [1.29, 1.82) is 0 Å². The number of halogens is 3. The number of ether oxygens (including phenoxy) is 1. The van der Waals surface area contributed by atoms with Gasteiger partial charge in [0.1, 0.15) is 5.75 Å². The molecule has 0 radical (unpaired) electrons. The lowest BCUT2D eigenvalue weighted by Gasteiger charge is -2.27. The first-order chi connectivity index (χ1) is 11.8. The van der Waals surface area contributed by atoms with Gasteiger partial charge in [-0.25, -0.2) is 0 Å². The van der Waals surface area contributed by atoms with Gasteiger partial charge in [0, 0.05) is 12.6 Å². The number of rotatable bonds is 7. The Morgan fingerprint density at radius 2 is 1.68 bits per heavy atom. The molecule has 0 aliphatic rings. The number of aliphatic hydroxyl groups is 1. The second kappa shape index (κ2) is 8.33. The number of alkyl halides is 3. The molecule has 0 saturated carbocycles. The predicted molar refractivity (Wildman–Crippen MR) is 88.8 cm³/mol. The van der Waals surface area contributed by atoms with Gasteiger partial charge < -0.3 is 20.9 Å². The van der Waals surface area contributed by atoms with Gasteiger partial charge in [0.2, 0.25) is 0 Å². The van der Waals surface area contributed by atoms with Crippen LogP contribution in [0.25, 0.3) is 0 Å². The molecule has 25 heavy (non-hydrogen) atoms. The minimum absolute atomic E-state index is 0.267. The normalized spacial score (nSPS) is 15.4. The molecule has 2 aromatic carbocycles. The molecular formula is C18H21F3N2O2. The van der Waals surface area contributed by atoms with Gasteiger partial charge in [0.15, 0.2) is 0 Å². The van der Waals surface area contributed by atoms with Crippen LogP contribution >= 0.6 is 0 Å². The average Bonchev–Trinajstić information content (AvgIpc) is 2.56. The van der Waals surface area contributed by atoms with Gasteiger partial charge in [-0.1, -0.05) is 42.5 Å². The third kappa shape index (κ3) is 6.04. The fraction of sp³-hybridized carbons (Fsp3) is 0.333. The maximum atomic E-state index is 12.2. The van der Waals surface area contributed by atoms with E-state index < -0.39 is 18.5 Å². The highest BCUT2D eigenvalue weighted by Gasteiger charge is 2.31. The van der Waals surface area contributed by atoms with Crippen LogP contribution in [0.4, 0.5) is 13.2 Å². The van der Waals surface area contributed by atoms with Crippen molar-refractivity contribution >= 4 is 0 Å². The van der Waals surface area contributed by atoms with Crippen LogP contribution < -0.4 is 15.8 Å². The molecule has 0 heterocycles. The molecule has 7 heteroatoms. The second-order valence-corrected chi connectivity index (χ2v) is 5.78. The third-order valence-corrected chi connectivity index (χ3v) is 3.78. The summed E-state index contributed by atoms with van der Waals surface area (Å²) in [6.45, 7) is 2.00. The monoisotopic (exact) mass is 354 g/mol. The zero-order valence-electron chi connectivity index (χ0n) is 13.7. The summed E-state index contributed by atoms with van der Waals surface area (Å²) in [7, 11) is 0. The first kappa shape index (κ1) is 19.2. The highest BCUT2D eigenvalue weighted by Crippen LogP contribution is 2.23. The average molecular weight is 354 g/mol. The fourth-order valence-electron chi connectivity index (χ4n) is 2.45. The van der Waals surface area contributed by atoms with Gasteiger partial charge in [-0.15, -0.1) is 13.2 Å². The first-order valence-corrected chi connectivity index (χ1v) is 7.83. The summed E-state index contributed by atoms with van der Waals surface area (Å²) in [5, 5.41) is 13.1. The summed E-state index contributed by atoms with van der Waals surface area (Å²) >= 11 is 0. The van der Waals surface area contributed by atoms with E-state index in [9.17, 15) is 18.3 Å². The fourth-order valence-corrected chi connectivity index (χ4v) is 2.45. The molecule has 0 fully saturated rings. The Balaban J connectivity index is 2.05. The van der Waals surface area contributed by atoms with Gasteiger partial charge >= 0.3 is 6.36 Å². The van der Waals surface area contributed by atoms with E-state index in [4.69, 9.17) is 5.73 Å². The Hall–Kier alpha value is -2.09. The van der Waals surface area contributed by atoms with E-state index in [0.717, 1.165) is 11.1 Å². The van der Waals surface area contributed by atoms with Crippen molar-refractivity contribution in [3.8, 4) is 5.75 Å². The molecule has 0 aromatic heterocycles. The lowest BCUT2D eigenvalue weighted by atomic mass is 9.96. The van der Waals surface area contributed by atoms with Crippen molar-refractivity contribution in [1.82, 2.24) is 5.32 Å². The SMILES string of the molecule is C[C@@H](O)[C@@H](N)C(NCc1ccc(OC(F)(F)F)cc1)c1ccccc1. The number of nitrogens with two attached hydrogens (primary N) is 1. The molecule has 0 bridgehead atoms. The first-order valence-electron chi connectivity index (χ1n) is 7.83. The summed E-state index contributed by atoms with van der Waals surface area (Å²) in [4.78, 5) is 0. The lowest BCUT2D eigenvalue weighted by Crippen LogP contribution is -2.44. The van der Waals surface area contributed by atoms with Gasteiger partial charge in [-0.3, -0.25) is 0 Å². The summed E-state index contributed by atoms with van der Waals surface area (Å²) in [5.74, 6) is -0.267. The van der Waals surface area contributed by atoms with E-state index in [2.05, 4.69) is 10.1 Å². The molecule has 1 unspecified atom stereocenters. The summed E-state index contributed by atoms with van der Waals surface area (Å²) in [6.07, 6.45) is -5.43. The van der Waals surface area contributed by atoms with E-state index in [0.29, 0.717) is 6.54 Å². The Morgan fingerprint density at radius 1 is 1.08 bits per heavy atom. The minimum Gasteiger partial charge on any atom is -0.406 e. The smallest absolute Gasteiger partial charge is 0.406 e. The molecule has 4 N–H and O–H groups in total. The van der Waals surface area contributed by atoms with Gasteiger partial charge in [0.05, 0.1) is 12.1 Å². The molecule has 0 aliphatic carbocycles. The lowest BCUT2D eigenvalue weighted by molar-refractivity contribution is -0.274. The van der Waals surface area contributed by atoms with Crippen LogP contribution in [0.3, 0.4) is 0 Å². The predicted octanol–water partition coefficient (Wildman–Crippen LogP) is 3.12. The Bertz CT molecular complexity index is 646. The molecule has 2 aromatic rings. The Morgan fingerprint density at radius 3 is 2.20 bits per heavy atom. The Kier molecular flexibility index (Phi) is 6.41. The number of hydrogen-bond acceptors (Lipinski definition) is 4.